The Bertz CT molecular complexity index is 693. The van der Waals surface area contributed by atoms with Gasteiger partial charge in [0.2, 0.25) is 10.0 Å². The molecular formula is C12H13N3O4S. The van der Waals surface area contributed by atoms with Crippen molar-refractivity contribution in [3.05, 3.63) is 36.5 Å². The summed E-state index contributed by atoms with van der Waals surface area (Å²) in [7, 11) is -3.95. The predicted octanol–water partition coefficient (Wildman–Crippen LogP) is 1.29. The van der Waals surface area contributed by atoms with Crippen molar-refractivity contribution in [3.8, 4) is 11.3 Å². The molecule has 0 spiro atoms. The number of nitrogens with zero attached hydrogens (tertiary/aromatic N) is 1. The number of aliphatic carboxylic acids is 1. The van der Waals surface area contributed by atoms with E-state index in [9.17, 15) is 13.2 Å². The lowest BCUT2D eigenvalue weighted by Gasteiger charge is -2.11. The van der Waals surface area contributed by atoms with E-state index in [1.54, 1.807) is 36.5 Å². The van der Waals surface area contributed by atoms with Gasteiger partial charge in [0, 0.05) is 11.9 Å². The van der Waals surface area contributed by atoms with Crippen molar-refractivity contribution in [1.82, 2.24) is 10.2 Å². The number of hydrogen-bond acceptors (Lipinski definition) is 4. The minimum absolute atomic E-state index is 0.307. The molecule has 106 valence electrons. The number of rotatable bonds is 5. The fraction of sp³-hybridized carbons (Fsp3) is 0.167. The Labute approximate surface area is 115 Å². The van der Waals surface area contributed by atoms with Gasteiger partial charge in [-0.25, -0.2) is 8.42 Å². The van der Waals surface area contributed by atoms with E-state index in [0.29, 0.717) is 5.69 Å². The maximum atomic E-state index is 11.7. The monoisotopic (exact) mass is 295 g/mol. The molecule has 1 unspecified atom stereocenters. The van der Waals surface area contributed by atoms with Gasteiger partial charge in [0.15, 0.2) is 5.25 Å². The van der Waals surface area contributed by atoms with Crippen LogP contribution in [0.25, 0.3) is 11.3 Å². The minimum Gasteiger partial charge on any atom is -0.480 e. The first-order valence-electron chi connectivity index (χ1n) is 5.74. The van der Waals surface area contributed by atoms with Crippen LogP contribution in [-0.2, 0) is 14.8 Å². The van der Waals surface area contributed by atoms with Gasteiger partial charge in [-0.15, -0.1) is 0 Å². The van der Waals surface area contributed by atoms with Crippen molar-refractivity contribution in [3.63, 3.8) is 0 Å². The van der Waals surface area contributed by atoms with Crippen LogP contribution in [0.1, 0.15) is 6.92 Å². The van der Waals surface area contributed by atoms with E-state index in [2.05, 4.69) is 14.9 Å². The van der Waals surface area contributed by atoms with E-state index >= 15 is 0 Å². The molecule has 0 saturated heterocycles. The highest BCUT2D eigenvalue weighted by Gasteiger charge is 2.27. The van der Waals surface area contributed by atoms with Crippen LogP contribution in [0.2, 0.25) is 0 Å². The van der Waals surface area contributed by atoms with Crippen LogP contribution in [-0.4, -0.2) is 34.9 Å². The fourth-order valence-electron chi connectivity index (χ4n) is 1.52. The van der Waals surface area contributed by atoms with Crippen LogP contribution >= 0.6 is 0 Å². The number of hydrogen-bond donors (Lipinski definition) is 3. The SMILES string of the molecule is CC(C(=O)O)S(=O)(=O)Nc1ccc(-c2ccn[nH]2)cc1. The van der Waals surface area contributed by atoms with Gasteiger partial charge >= 0.3 is 5.97 Å². The first kappa shape index (κ1) is 14.1. The third kappa shape index (κ3) is 2.97. The van der Waals surface area contributed by atoms with Gasteiger partial charge in [0.1, 0.15) is 0 Å². The normalized spacial score (nSPS) is 12.8. The summed E-state index contributed by atoms with van der Waals surface area (Å²) in [6.07, 6.45) is 1.61. The zero-order valence-corrected chi connectivity index (χ0v) is 11.4. The largest absolute Gasteiger partial charge is 0.480 e. The quantitative estimate of drug-likeness (QED) is 0.769. The molecule has 2 aromatic rings. The molecule has 0 aliphatic heterocycles. The molecule has 2 rings (SSSR count). The van der Waals surface area contributed by atoms with E-state index in [0.717, 1.165) is 18.2 Å². The number of anilines is 1. The zero-order chi connectivity index (χ0) is 14.8. The van der Waals surface area contributed by atoms with E-state index in [1.807, 2.05) is 0 Å². The van der Waals surface area contributed by atoms with E-state index in [4.69, 9.17) is 5.11 Å². The van der Waals surface area contributed by atoms with Gasteiger partial charge in [0.05, 0.1) is 5.69 Å². The summed E-state index contributed by atoms with van der Waals surface area (Å²) in [5, 5.41) is 13.8. The molecule has 0 fully saturated rings. The second kappa shape index (κ2) is 5.33. The van der Waals surface area contributed by atoms with Crippen molar-refractivity contribution >= 4 is 21.7 Å². The highest BCUT2D eigenvalue weighted by Crippen LogP contribution is 2.20. The van der Waals surface area contributed by atoms with Crippen molar-refractivity contribution in [1.29, 1.82) is 0 Å². The predicted molar refractivity (Wildman–Crippen MR) is 73.7 cm³/mol. The van der Waals surface area contributed by atoms with Crippen LogP contribution in [0, 0.1) is 0 Å². The third-order valence-corrected chi connectivity index (χ3v) is 4.42. The smallest absolute Gasteiger partial charge is 0.323 e. The summed E-state index contributed by atoms with van der Waals surface area (Å²) >= 11 is 0. The topological polar surface area (TPSA) is 112 Å². The lowest BCUT2D eigenvalue weighted by molar-refractivity contribution is -0.136. The van der Waals surface area contributed by atoms with Gasteiger partial charge in [-0.2, -0.15) is 5.10 Å². The summed E-state index contributed by atoms with van der Waals surface area (Å²) in [4.78, 5) is 10.7. The Hall–Kier alpha value is -2.35. The second-order valence-electron chi connectivity index (χ2n) is 4.18. The molecule has 1 atom stereocenters. The molecule has 0 saturated carbocycles. The average molecular weight is 295 g/mol. The van der Waals surface area contributed by atoms with Crippen LogP contribution in [0.15, 0.2) is 36.5 Å². The van der Waals surface area contributed by atoms with Gasteiger partial charge in [0.25, 0.3) is 0 Å². The van der Waals surface area contributed by atoms with Gasteiger partial charge in [-0.3, -0.25) is 14.6 Å². The Morgan fingerprint density at radius 2 is 1.95 bits per heavy atom. The number of H-pyrrole nitrogens is 1. The number of carboxylic acids is 1. The Morgan fingerprint density at radius 3 is 2.45 bits per heavy atom. The number of carbonyl (C=O) groups is 1. The first-order valence-corrected chi connectivity index (χ1v) is 7.29. The number of sulfonamides is 1. The second-order valence-corrected chi connectivity index (χ2v) is 6.18. The lowest BCUT2D eigenvalue weighted by atomic mass is 10.1. The van der Waals surface area contributed by atoms with E-state index < -0.39 is 21.2 Å². The van der Waals surface area contributed by atoms with Crippen LogP contribution in [0.3, 0.4) is 0 Å². The summed E-state index contributed by atoms with van der Waals surface area (Å²) < 4.78 is 25.7. The third-order valence-electron chi connectivity index (χ3n) is 2.77. The Balaban J connectivity index is 2.18. The van der Waals surface area contributed by atoms with E-state index in [-0.39, 0.29) is 0 Å². The van der Waals surface area contributed by atoms with Crippen molar-refractivity contribution in [2.45, 2.75) is 12.2 Å². The highest BCUT2D eigenvalue weighted by molar-refractivity contribution is 7.94. The molecule has 0 radical (unpaired) electrons. The van der Waals surface area contributed by atoms with Gasteiger partial charge in [-0.05, 0) is 30.7 Å². The van der Waals surface area contributed by atoms with Gasteiger partial charge in [-0.1, -0.05) is 12.1 Å². The molecule has 7 nitrogen and oxygen atoms in total. The number of aromatic amines is 1. The molecule has 0 aliphatic rings. The summed E-state index contributed by atoms with van der Waals surface area (Å²) in [6, 6.07) is 8.31. The molecule has 0 amide bonds. The van der Waals surface area contributed by atoms with Crippen LogP contribution < -0.4 is 4.72 Å². The summed E-state index contributed by atoms with van der Waals surface area (Å²) in [6.45, 7) is 1.11. The molecule has 0 bridgehead atoms. The first-order chi connectivity index (χ1) is 9.40. The van der Waals surface area contributed by atoms with Crippen LogP contribution in [0.4, 0.5) is 5.69 Å². The zero-order valence-electron chi connectivity index (χ0n) is 10.6. The average Bonchev–Trinajstić information content (AvgIpc) is 2.92. The Morgan fingerprint density at radius 1 is 1.30 bits per heavy atom. The van der Waals surface area contributed by atoms with Crippen molar-refractivity contribution in [2.24, 2.45) is 0 Å². The minimum atomic E-state index is -3.95. The lowest BCUT2D eigenvalue weighted by Crippen LogP contribution is -2.32. The van der Waals surface area contributed by atoms with E-state index in [1.165, 1.54) is 0 Å². The standard InChI is InChI=1S/C12H13N3O4S/c1-8(12(16)17)20(18,19)15-10-4-2-9(3-5-10)11-6-7-13-14-11/h2-8,15H,1H3,(H,13,14)(H,16,17). The number of benzene rings is 1. The molecule has 8 heteroatoms. The summed E-state index contributed by atoms with van der Waals surface area (Å²) in [5.41, 5.74) is 1.96. The maximum absolute atomic E-state index is 11.7. The summed E-state index contributed by atoms with van der Waals surface area (Å²) in [5.74, 6) is -1.40. The van der Waals surface area contributed by atoms with Crippen molar-refractivity contribution < 1.29 is 18.3 Å². The highest BCUT2D eigenvalue weighted by atomic mass is 32.2. The fourth-order valence-corrected chi connectivity index (χ4v) is 2.43. The molecule has 1 heterocycles. The van der Waals surface area contributed by atoms with Crippen LogP contribution in [0.5, 0.6) is 0 Å². The molecular weight excluding hydrogens is 282 g/mol. The Kier molecular flexibility index (Phi) is 3.75. The number of nitrogens with one attached hydrogen (secondary N) is 2. The number of aromatic nitrogens is 2. The molecule has 1 aromatic carbocycles. The number of carboxylic acid groups (broad SMARTS) is 1. The maximum Gasteiger partial charge on any atom is 0.323 e. The molecule has 0 aliphatic carbocycles. The van der Waals surface area contributed by atoms with Gasteiger partial charge < -0.3 is 5.11 Å². The molecule has 3 N–H and O–H groups in total. The molecule has 1 aromatic heterocycles. The molecule has 20 heavy (non-hydrogen) atoms. The van der Waals surface area contributed by atoms with Crippen molar-refractivity contribution in [2.75, 3.05) is 4.72 Å².